The molecule has 1 heterocycles. The zero-order valence-corrected chi connectivity index (χ0v) is 11.8. The first kappa shape index (κ1) is 14.5. The normalized spacial score (nSPS) is 12.6. The fourth-order valence-electron chi connectivity index (χ4n) is 2.08. The van der Waals surface area contributed by atoms with Crippen LogP contribution in [0.5, 0.6) is 5.75 Å². The van der Waals surface area contributed by atoms with Gasteiger partial charge in [0.1, 0.15) is 6.33 Å². The predicted octanol–water partition coefficient (Wildman–Crippen LogP) is 0.844. The standard InChI is InChI=1S/C12H23N5O/c1-6-17(9(2)7-16(3)4)12-10(18-5)11(13)14-8-15-12/h8-9H,6-7H2,1-5H3,(H2,13,14,15). The van der Waals surface area contributed by atoms with Gasteiger partial charge in [0.2, 0.25) is 5.75 Å². The molecule has 0 radical (unpaired) electrons. The van der Waals surface area contributed by atoms with E-state index in [1.807, 2.05) is 0 Å². The SMILES string of the molecule is CCN(c1ncnc(N)c1OC)C(C)CN(C)C. The second-order valence-corrected chi connectivity index (χ2v) is 4.51. The van der Waals surface area contributed by atoms with Crippen LogP contribution in [-0.4, -0.2) is 55.2 Å². The Hall–Kier alpha value is -1.56. The summed E-state index contributed by atoms with van der Waals surface area (Å²) in [4.78, 5) is 12.6. The molecular formula is C12H23N5O. The van der Waals surface area contributed by atoms with E-state index in [2.05, 4.69) is 47.7 Å². The Morgan fingerprint density at radius 2 is 2.06 bits per heavy atom. The molecule has 18 heavy (non-hydrogen) atoms. The van der Waals surface area contributed by atoms with Gasteiger partial charge in [-0.1, -0.05) is 0 Å². The summed E-state index contributed by atoms with van der Waals surface area (Å²) in [5.74, 6) is 1.67. The smallest absolute Gasteiger partial charge is 0.204 e. The van der Waals surface area contributed by atoms with E-state index in [1.54, 1.807) is 7.11 Å². The monoisotopic (exact) mass is 253 g/mol. The molecule has 1 aromatic rings. The molecule has 102 valence electrons. The Kier molecular flexibility index (Phi) is 5.15. The van der Waals surface area contributed by atoms with Crippen molar-refractivity contribution in [1.82, 2.24) is 14.9 Å². The van der Waals surface area contributed by atoms with E-state index in [1.165, 1.54) is 6.33 Å². The summed E-state index contributed by atoms with van der Waals surface area (Å²) in [6.45, 7) is 6.01. The summed E-state index contributed by atoms with van der Waals surface area (Å²) in [7, 11) is 5.69. The minimum atomic E-state index is 0.313. The zero-order valence-electron chi connectivity index (χ0n) is 11.8. The van der Waals surface area contributed by atoms with Crippen LogP contribution >= 0.6 is 0 Å². The second kappa shape index (κ2) is 6.39. The van der Waals surface area contributed by atoms with Crippen LogP contribution in [0.3, 0.4) is 0 Å². The van der Waals surface area contributed by atoms with E-state index in [0.29, 0.717) is 17.6 Å². The molecule has 2 N–H and O–H groups in total. The summed E-state index contributed by atoms with van der Waals surface area (Å²) < 4.78 is 5.31. The fraction of sp³-hybridized carbons (Fsp3) is 0.667. The minimum absolute atomic E-state index is 0.313. The van der Waals surface area contributed by atoms with Gasteiger partial charge in [-0.3, -0.25) is 0 Å². The van der Waals surface area contributed by atoms with Gasteiger partial charge in [0, 0.05) is 19.1 Å². The molecule has 1 unspecified atom stereocenters. The van der Waals surface area contributed by atoms with Crippen LogP contribution < -0.4 is 15.4 Å². The molecule has 0 bridgehead atoms. The molecule has 1 aromatic heterocycles. The van der Waals surface area contributed by atoms with Crippen LogP contribution in [0.4, 0.5) is 11.6 Å². The Balaban J connectivity index is 3.05. The molecule has 0 aliphatic heterocycles. The van der Waals surface area contributed by atoms with E-state index < -0.39 is 0 Å². The van der Waals surface area contributed by atoms with Crippen molar-refractivity contribution in [2.24, 2.45) is 0 Å². The third-order valence-corrected chi connectivity index (χ3v) is 2.79. The van der Waals surface area contributed by atoms with Gasteiger partial charge in [-0.15, -0.1) is 0 Å². The van der Waals surface area contributed by atoms with Gasteiger partial charge in [0.15, 0.2) is 11.6 Å². The molecule has 0 saturated heterocycles. The van der Waals surface area contributed by atoms with Crippen molar-refractivity contribution in [2.45, 2.75) is 19.9 Å². The van der Waals surface area contributed by atoms with Gasteiger partial charge < -0.3 is 20.3 Å². The highest BCUT2D eigenvalue weighted by Gasteiger charge is 2.20. The van der Waals surface area contributed by atoms with Gasteiger partial charge in [-0.25, -0.2) is 9.97 Å². The van der Waals surface area contributed by atoms with Crippen molar-refractivity contribution >= 4 is 11.6 Å². The summed E-state index contributed by atoms with van der Waals surface area (Å²) in [6.07, 6.45) is 1.47. The van der Waals surface area contributed by atoms with Crippen LogP contribution in [0.25, 0.3) is 0 Å². The van der Waals surface area contributed by atoms with Crippen LogP contribution in [0.15, 0.2) is 6.33 Å². The van der Waals surface area contributed by atoms with Gasteiger partial charge in [-0.05, 0) is 27.9 Å². The van der Waals surface area contributed by atoms with E-state index in [0.717, 1.165) is 18.9 Å². The molecule has 0 aliphatic carbocycles. The molecule has 6 nitrogen and oxygen atoms in total. The topological polar surface area (TPSA) is 67.5 Å². The highest BCUT2D eigenvalue weighted by Crippen LogP contribution is 2.30. The van der Waals surface area contributed by atoms with Gasteiger partial charge in [-0.2, -0.15) is 0 Å². The van der Waals surface area contributed by atoms with Crippen molar-refractivity contribution in [1.29, 1.82) is 0 Å². The third-order valence-electron chi connectivity index (χ3n) is 2.79. The lowest BCUT2D eigenvalue weighted by Crippen LogP contribution is -2.40. The Labute approximate surface area is 109 Å². The molecule has 0 saturated carbocycles. The molecule has 1 rings (SSSR count). The van der Waals surface area contributed by atoms with Crippen LogP contribution in [0.1, 0.15) is 13.8 Å². The maximum atomic E-state index is 5.81. The zero-order chi connectivity index (χ0) is 13.7. The van der Waals surface area contributed by atoms with Crippen molar-refractivity contribution in [2.75, 3.05) is 44.9 Å². The van der Waals surface area contributed by atoms with E-state index in [4.69, 9.17) is 10.5 Å². The largest absolute Gasteiger partial charge is 0.490 e. The second-order valence-electron chi connectivity index (χ2n) is 4.51. The first-order chi connectivity index (χ1) is 8.51. The number of anilines is 2. The summed E-state index contributed by atoms with van der Waals surface area (Å²) >= 11 is 0. The summed E-state index contributed by atoms with van der Waals surface area (Å²) in [5.41, 5.74) is 5.81. The Bertz CT molecular complexity index is 383. The maximum Gasteiger partial charge on any atom is 0.204 e. The number of rotatable bonds is 6. The van der Waals surface area contributed by atoms with E-state index in [-0.39, 0.29) is 0 Å². The molecule has 0 aromatic carbocycles. The summed E-state index contributed by atoms with van der Waals surface area (Å²) in [5, 5.41) is 0. The Morgan fingerprint density at radius 3 is 2.56 bits per heavy atom. The molecule has 0 fully saturated rings. The molecule has 0 amide bonds. The van der Waals surface area contributed by atoms with Gasteiger partial charge in [0.25, 0.3) is 0 Å². The molecule has 0 spiro atoms. The summed E-state index contributed by atoms with van der Waals surface area (Å²) in [6, 6.07) is 0.313. The van der Waals surface area contributed by atoms with Crippen LogP contribution in [-0.2, 0) is 0 Å². The van der Waals surface area contributed by atoms with Crippen molar-refractivity contribution in [3.63, 3.8) is 0 Å². The first-order valence-electron chi connectivity index (χ1n) is 6.07. The number of nitrogens with two attached hydrogens (primary N) is 1. The van der Waals surface area contributed by atoms with Gasteiger partial charge in [0.05, 0.1) is 7.11 Å². The number of hydrogen-bond acceptors (Lipinski definition) is 6. The maximum absolute atomic E-state index is 5.81. The quantitative estimate of drug-likeness (QED) is 0.810. The van der Waals surface area contributed by atoms with Crippen LogP contribution in [0, 0.1) is 0 Å². The number of methoxy groups -OCH3 is 1. The number of nitrogen functional groups attached to an aromatic ring is 1. The Morgan fingerprint density at radius 1 is 1.39 bits per heavy atom. The lowest BCUT2D eigenvalue weighted by molar-refractivity contribution is 0.367. The lowest BCUT2D eigenvalue weighted by atomic mass is 10.2. The van der Waals surface area contributed by atoms with Crippen molar-refractivity contribution in [3.05, 3.63) is 6.33 Å². The minimum Gasteiger partial charge on any atom is -0.490 e. The molecule has 0 aliphatic rings. The third kappa shape index (κ3) is 3.22. The van der Waals surface area contributed by atoms with Crippen molar-refractivity contribution < 1.29 is 4.74 Å². The number of aromatic nitrogens is 2. The van der Waals surface area contributed by atoms with Crippen LogP contribution in [0.2, 0.25) is 0 Å². The predicted molar refractivity (Wildman–Crippen MR) is 74.0 cm³/mol. The lowest BCUT2D eigenvalue weighted by Gasteiger charge is -2.31. The highest BCUT2D eigenvalue weighted by atomic mass is 16.5. The average molecular weight is 253 g/mol. The molecule has 1 atom stereocenters. The fourth-order valence-corrected chi connectivity index (χ4v) is 2.08. The first-order valence-corrected chi connectivity index (χ1v) is 6.07. The number of nitrogens with zero attached hydrogens (tertiary/aromatic N) is 4. The number of hydrogen-bond donors (Lipinski definition) is 1. The highest BCUT2D eigenvalue weighted by molar-refractivity contribution is 5.63. The van der Waals surface area contributed by atoms with E-state index in [9.17, 15) is 0 Å². The van der Waals surface area contributed by atoms with E-state index >= 15 is 0 Å². The molecule has 6 heteroatoms. The average Bonchev–Trinajstić information content (AvgIpc) is 2.29. The van der Waals surface area contributed by atoms with Crippen molar-refractivity contribution in [3.8, 4) is 5.75 Å². The number of ether oxygens (including phenoxy) is 1. The number of likely N-dealkylation sites (N-methyl/N-ethyl adjacent to an activating group) is 2. The van der Waals surface area contributed by atoms with Gasteiger partial charge >= 0.3 is 0 Å². The molecular weight excluding hydrogens is 230 g/mol.